The molecule has 0 bridgehead atoms. The molecule has 0 amide bonds. The van der Waals surface area contributed by atoms with Crippen molar-refractivity contribution in [1.82, 2.24) is 0 Å². The third kappa shape index (κ3) is 11.3. The topological polar surface area (TPSA) is 46.2 Å². The second-order valence-electron chi connectivity index (χ2n) is 7.98. The number of methoxy groups -OCH3 is 1. The van der Waals surface area contributed by atoms with Crippen molar-refractivity contribution in [2.24, 2.45) is 0 Å². The maximum Gasteiger partial charge on any atom is 0.681 e. The molecule has 128 valence electrons. The fourth-order valence-corrected chi connectivity index (χ4v) is 4.41. The number of hydrogen-bond donors (Lipinski definition) is 0. The van der Waals surface area contributed by atoms with Crippen LogP contribution < -0.4 is 0 Å². The van der Waals surface area contributed by atoms with E-state index in [1.165, 1.54) is 0 Å². The predicted octanol–water partition coefficient (Wildman–Crippen LogP) is 3.53. The van der Waals surface area contributed by atoms with Gasteiger partial charge in [-0.05, 0) is 62.3 Å². The predicted molar refractivity (Wildman–Crippen MR) is 86.1 cm³/mol. The summed E-state index contributed by atoms with van der Waals surface area (Å²) in [6.45, 7) is 18.5. The van der Waals surface area contributed by atoms with Crippen molar-refractivity contribution in [1.29, 1.82) is 0 Å². The molecule has 0 aromatic carbocycles. The zero-order valence-corrected chi connectivity index (χ0v) is 16.5. The monoisotopic (exact) mass is 322 g/mol. The van der Waals surface area contributed by atoms with E-state index in [0.717, 1.165) is 0 Å². The number of ether oxygens (including phenoxy) is 1. The molecular weight excluding hydrogens is 288 g/mol. The highest BCUT2D eigenvalue weighted by Gasteiger charge is 2.54. The fraction of sp³-hybridized carbons (Fsp3) is 1.00. The van der Waals surface area contributed by atoms with Crippen molar-refractivity contribution < 1.29 is 22.4 Å². The molecule has 6 heteroatoms. The number of hydrogen-bond acceptors (Lipinski definition) is 5. The van der Waals surface area contributed by atoms with E-state index in [0.29, 0.717) is 13.2 Å². The molecule has 0 aliphatic heterocycles. The van der Waals surface area contributed by atoms with Crippen molar-refractivity contribution in [3.05, 3.63) is 0 Å². The van der Waals surface area contributed by atoms with Crippen LogP contribution in [0.4, 0.5) is 0 Å². The van der Waals surface area contributed by atoms with Crippen molar-refractivity contribution in [2.45, 2.75) is 79.1 Å². The summed E-state index contributed by atoms with van der Waals surface area (Å²) in [5, 5.41) is 0. The molecule has 0 unspecified atom stereocenters. The summed E-state index contributed by atoms with van der Waals surface area (Å²) >= 11 is 0. The largest absolute Gasteiger partial charge is 0.681 e. The molecular formula is C15H34O5Si. The Morgan fingerprint density at radius 3 is 1.19 bits per heavy atom. The van der Waals surface area contributed by atoms with Gasteiger partial charge in [-0.2, -0.15) is 0 Å². The van der Waals surface area contributed by atoms with E-state index in [1.54, 1.807) is 7.11 Å². The summed E-state index contributed by atoms with van der Waals surface area (Å²) in [5.41, 5.74) is -1.30. The fourth-order valence-electron chi connectivity index (χ4n) is 1.53. The van der Waals surface area contributed by atoms with Crippen LogP contribution in [0.15, 0.2) is 0 Å². The lowest BCUT2D eigenvalue weighted by Crippen LogP contribution is -2.59. The van der Waals surface area contributed by atoms with E-state index in [1.807, 2.05) is 62.3 Å². The lowest BCUT2D eigenvalue weighted by molar-refractivity contribution is -0.136. The first-order valence-corrected chi connectivity index (χ1v) is 9.05. The van der Waals surface area contributed by atoms with Crippen molar-refractivity contribution in [3.63, 3.8) is 0 Å². The van der Waals surface area contributed by atoms with Crippen LogP contribution in [0.1, 0.15) is 62.3 Å². The summed E-state index contributed by atoms with van der Waals surface area (Å²) in [4.78, 5) is 0. The van der Waals surface area contributed by atoms with Crippen LogP contribution in [0, 0.1) is 0 Å². The highest BCUT2D eigenvalue weighted by Crippen LogP contribution is 2.29. The first-order valence-electron chi connectivity index (χ1n) is 7.41. The Morgan fingerprint density at radius 1 is 0.619 bits per heavy atom. The van der Waals surface area contributed by atoms with Crippen molar-refractivity contribution in [2.75, 3.05) is 20.3 Å². The van der Waals surface area contributed by atoms with Crippen LogP contribution in [0.2, 0.25) is 0 Å². The van der Waals surface area contributed by atoms with E-state index in [9.17, 15) is 0 Å². The molecule has 0 aromatic heterocycles. The molecule has 0 N–H and O–H groups in total. The maximum absolute atomic E-state index is 6.14. The SMILES string of the molecule is COCCO[Si](OC(C)(C)C)(OC(C)(C)C)OC(C)(C)C. The van der Waals surface area contributed by atoms with Gasteiger partial charge in [0.15, 0.2) is 0 Å². The minimum Gasteiger partial charge on any atom is -0.382 e. The summed E-state index contributed by atoms with van der Waals surface area (Å²) < 4.78 is 29.4. The molecule has 5 nitrogen and oxygen atoms in total. The Balaban J connectivity index is 5.36. The Hall–Kier alpha value is 0.0169. The van der Waals surface area contributed by atoms with E-state index in [4.69, 9.17) is 22.4 Å². The quantitative estimate of drug-likeness (QED) is 0.530. The highest BCUT2D eigenvalue weighted by molar-refractivity contribution is 6.54. The highest BCUT2D eigenvalue weighted by atomic mass is 28.4. The van der Waals surface area contributed by atoms with Gasteiger partial charge in [-0.3, -0.25) is 0 Å². The van der Waals surface area contributed by atoms with E-state index in [-0.39, 0.29) is 0 Å². The molecule has 0 aromatic rings. The molecule has 0 saturated carbocycles. The van der Waals surface area contributed by atoms with Gasteiger partial charge in [0.25, 0.3) is 0 Å². The molecule has 0 aliphatic carbocycles. The Morgan fingerprint density at radius 2 is 0.952 bits per heavy atom. The zero-order valence-electron chi connectivity index (χ0n) is 15.5. The second-order valence-corrected chi connectivity index (χ2v) is 9.89. The Kier molecular flexibility index (Phi) is 7.53. The smallest absolute Gasteiger partial charge is 0.382 e. The second kappa shape index (κ2) is 7.52. The van der Waals surface area contributed by atoms with Gasteiger partial charge in [-0.1, -0.05) is 0 Å². The third-order valence-corrected chi connectivity index (χ3v) is 5.00. The summed E-state index contributed by atoms with van der Waals surface area (Å²) in [6, 6.07) is 0. The lowest BCUT2D eigenvalue weighted by atomic mass is 10.2. The van der Waals surface area contributed by atoms with Gasteiger partial charge in [0.1, 0.15) is 0 Å². The summed E-state index contributed by atoms with van der Waals surface area (Å²) in [6.07, 6.45) is 0. The molecule has 0 saturated heterocycles. The molecule has 0 rings (SSSR count). The molecule has 0 spiro atoms. The zero-order chi connectivity index (χ0) is 16.9. The molecule has 0 aliphatic rings. The third-order valence-electron chi connectivity index (χ3n) is 1.86. The summed E-state index contributed by atoms with van der Waals surface area (Å²) in [5.74, 6) is 0. The van der Waals surface area contributed by atoms with Crippen molar-refractivity contribution >= 4 is 9.05 Å². The Bertz CT molecular complexity index is 258. The van der Waals surface area contributed by atoms with Gasteiger partial charge in [-0.25, -0.2) is 0 Å². The van der Waals surface area contributed by atoms with E-state index >= 15 is 0 Å². The van der Waals surface area contributed by atoms with E-state index < -0.39 is 25.9 Å². The van der Waals surface area contributed by atoms with Gasteiger partial charge in [0, 0.05) is 7.11 Å². The Labute approximate surface area is 131 Å². The van der Waals surface area contributed by atoms with Crippen LogP contribution in [0.25, 0.3) is 0 Å². The minimum atomic E-state index is -3.32. The van der Waals surface area contributed by atoms with Crippen LogP contribution in [0.5, 0.6) is 0 Å². The molecule has 0 radical (unpaired) electrons. The van der Waals surface area contributed by atoms with Gasteiger partial charge in [-0.15, -0.1) is 0 Å². The van der Waals surface area contributed by atoms with Crippen LogP contribution >= 0.6 is 0 Å². The lowest BCUT2D eigenvalue weighted by Gasteiger charge is -2.41. The average molecular weight is 323 g/mol. The standard InChI is InChI=1S/C15H34O5Si/c1-13(2,3)18-21(17-12-11-16-10,19-14(4,5)6)20-15(7,8)9/h11-12H2,1-10H3. The van der Waals surface area contributed by atoms with Crippen LogP contribution in [-0.4, -0.2) is 46.2 Å². The normalized spacial score (nSPS) is 14.6. The van der Waals surface area contributed by atoms with Crippen LogP contribution in [0.3, 0.4) is 0 Å². The molecule has 0 fully saturated rings. The first-order chi connectivity index (χ1) is 9.18. The van der Waals surface area contributed by atoms with Gasteiger partial charge in [0.2, 0.25) is 0 Å². The van der Waals surface area contributed by atoms with Gasteiger partial charge < -0.3 is 22.4 Å². The average Bonchev–Trinajstić information content (AvgIpc) is 2.08. The van der Waals surface area contributed by atoms with Crippen molar-refractivity contribution in [3.8, 4) is 0 Å². The van der Waals surface area contributed by atoms with E-state index in [2.05, 4.69) is 0 Å². The van der Waals surface area contributed by atoms with Crippen LogP contribution in [-0.2, 0) is 22.4 Å². The maximum atomic E-state index is 6.14. The molecule has 0 heterocycles. The minimum absolute atomic E-state index is 0.366. The summed E-state index contributed by atoms with van der Waals surface area (Å²) in [7, 11) is -1.69. The first kappa shape index (κ1) is 21.0. The van der Waals surface area contributed by atoms with Gasteiger partial charge >= 0.3 is 9.05 Å². The van der Waals surface area contributed by atoms with Gasteiger partial charge in [0.05, 0.1) is 30.0 Å². The number of rotatable bonds is 7. The molecule has 21 heavy (non-hydrogen) atoms. The molecule has 0 atom stereocenters.